The average Bonchev–Trinajstić information content (AvgIpc) is 1.63. The van der Waals surface area contributed by atoms with E-state index < -0.39 is 83.5 Å². The molecule has 4 aliphatic carbocycles. The van der Waals surface area contributed by atoms with E-state index >= 15 is 0 Å². The summed E-state index contributed by atoms with van der Waals surface area (Å²) >= 11 is 11.7. The number of nitrogens with two attached hydrogens (primary N) is 3. The van der Waals surface area contributed by atoms with E-state index in [2.05, 4.69) is 111 Å². The maximum absolute atomic E-state index is 11.6. The van der Waals surface area contributed by atoms with Crippen LogP contribution in [0.2, 0.25) is 0 Å². The van der Waals surface area contributed by atoms with Crippen LogP contribution >= 0.6 is 72.0 Å². The van der Waals surface area contributed by atoms with Crippen LogP contribution in [0.4, 0.5) is 19.2 Å². The normalized spacial score (nSPS) is 14.9. The van der Waals surface area contributed by atoms with Crippen LogP contribution in [0, 0.1) is 71.0 Å². The largest absolute Gasteiger partial charge is 0.519 e. The zero-order chi connectivity index (χ0) is 103. The van der Waals surface area contributed by atoms with Gasteiger partial charge in [-0.15, -0.1) is 24.8 Å². The van der Waals surface area contributed by atoms with Gasteiger partial charge in [-0.25, -0.2) is 19.2 Å². The van der Waals surface area contributed by atoms with Crippen molar-refractivity contribution in [1.82, 2.24) is 10.6 Å². The number of hydrogen-bond acceptors (Lipinski definition) is 22. The van der Waals surface area contributed by atoms with Gasteiger partial charge in [-0.05, 0) is 324 Å². The number of alkyl carbamates (subject to hydrolysis) is 2. The van der Waals surface area contributed by atoms with Crippen LogP contribution in [0.3, 0.4) is 0 Å². The number of amides is 2. The number of aryl methyl sites for hydroxylation is 1. The molecular formula is C110H164BBr3ClN6O17S. The highest BCUT2D eigenvalue weighted by Crippen LogP contribution is 2.32. The number of hydrogen-bond donors (Lipinski definition) is 12. The first-order valence-electron chi connectivity index (χ1n) is 48.2. The van der Waals surface area contributed by atoms with Crippen molar-refractivity contribution in [2.75, 3.05) is 65.1 Å². The van der Waals surface area contributed by atoms with E-state index in [0.29, 0.717) is 82.6 Å². The van der Waals surface area contributed by atoms with Crippen molar-refractivity contribution in [3.63, 3.8) is 0 Å². The number of ether oxygens (including phenoxy) is 6. The molecule has 1 aliphatic heterocycles. The lowest BCUT2D eigenvalue weighted by atomic mass is 9.96. The van der Waals surface area contributed by atoms with Crippen LogP contribution in [0.25, 0.3) is 0 Å². The van der Waals surface area contributed by atoms with E-state index in [9.17, 15) is 49.8 Å². The van der Waals surface area contributed by atoms with Crippen molar-refractivity contribution in [2.45, 2.75) is 316 Å². The minimum absolute atomic E-state index is 0. The topological polar surface area (TPSA) is 391 Å². The molecule has 0 bridgehead atoms. The fourth-order valence-corrected chi connectivity index (χ4v) is 15.2. The number of terminal acetylenes is 1. The maximum atomic E-state index is 11.6. The average molecular weight is 2160 g/mol. The Bertz CT molecular complexity index is 4470. The first kappa shape index (κ1) is 134. The van der Waals surface area contributed by atoms with Gasteiger partial charge >= 0.3 is 24.5 Å². The Kier molecular flexibility index (Phi) is 74.9. The monoisotopic (exact) mass is 2160 g/mol. The first-order valence-corrected chi connectivity index (χ1v) is 52.2. The zero-order valence-corrected chi connectivity index (χ0v) is 91.6. The van der Waals surface area contributed by atoms with Gasteiger partial charge in [0, 0.05) is 83.6 Å². The summed E-state index contributed by atoms with van der Waals surface area (Å²) in [7, 11) is 0. The highest BCUT2D eigenvalue weighted by molar-refractivity contribution is 9.11. The number of rotatable bonds is 22. The molecule has 23 nitrogen and oxygen atoms in total. The Hall–Kier alpha value is -7.53. The van der Waals surface area contributed by atoms with Crippen LogP contribution in [0.1, 0.15) is 337 Å². The zero-order valence-electron chi connectivity index (χ0n) is 85.2. The summed E-state index contributed by atoms with van der Waals surface area (Å²) in [4.78, 5) is 45.0. The number of carbonyl (C=O) groups excluding carboxylic acids is 4. The number of halogens is 4. The van der Waals surface area contributed by atoms with Gasteiger partial charge < -0.3 is 92.0 Å². The highest BCUT2D eigenvalue weighted by atomic mass is 79.9. The number of carbonyl (C=O) groups is 4. The van der Waals surface area contributed by atoms with Gasteiger partial charge in [-0.2, -0.15) is 17.0 Å². The third-order valence-electron chi connectivity index (χ3n) is 20.6. The number of nitrogens with one attached hydrogen (secondary N) is 2. The number of nitriles is 1. The molecule has 773 valence electrons. The number of benzene rings is 6. The molecule has 15 N–H and O–H groups in total. The summed E-state index contributed by atoms with van der Waals surface area (Å²) < 4.78 is 31.8. The maximum Gasteiger partial charge on any atom is 0.519 e. The molecule has 139 heavy (non-hydrogen) atoms. The Morgan fingerprint density at radius 2 is 0.755 bits per heavy atom. The van der Waals surface area contributed by atoms with Crippen molar-refractivity contribution < 1.29 is 83.3 Å². The predicted octanol–water partition coefficient (Wildman–Crippen LogP) is 24.1. The van der Waals surface area contributed by atoms with Gasteiger partial charge in [0.1, 0.15) is 22.4 Å². The predicted molar refractivity (Wildman–Crippen MR) is 578 cm³/mol. The standard InChI is InChI=1S/C21H29NO3.C16H25NO.C16H21NO.C14H20BrNO3.C10H18O5.C9H12BrNO.C9H8BrNO.C7H10.C4H8O.C2H6O.C2H6S.B.ClH/c1-21(2,3)25-20(24)22-14-13-19(23)18-10-6-9-17(15-18)12-11-16-7-4-5-8-16;2*17-11-10-16(18)15-7-3-6-14(12-15)9-8-13-4-1-2-5-13;1-14(2,3)19-13(18)16-8-7-12(17)10-5-4-6-11(15)9-10;1-9(2,3)14-7(11)13-8(12)15-10(4,5)6;2*10-8-3-1-2-7(6-8)9(12)4-5-11;1-2-7-5-3-4-6-7;1-2-4-5-3-1;1-2-3;1-3-2;;/h6,9-10,15-16,19,23H,4-5,7-8,13-14H2,1-3H3,(H,22,24);3,6-7,12-13,16,18H,1-2,4-5,8-11,17H2;3,6-7,12-13,16,18H,1-2,4-5,10-11,17H2;4-6,9,12,17H,7-8H2,1-3H3,(H,16,18);1-6H3;1-3,6,9,12H,4-5,11H2;1-3,6,9,12H,4H2;1,7H,3-6H2;1-4H2;3H,2H2,1H3;1-2H3;;1H. The van der Waals surface area contributed by atoms with Gasteiger partial charge in [0.25, 0.3) is 0 Å². The van der Waals surface area contributed by atoms with Gasteiger partial charge in [0.15, 0.2) is 0 Å². The minimum atomic E-state index is -1.06. The van der Waals surface area contributed by atoms with Crippen LogP contribution in [-0.4, -0.2) is 156 Å². The van der Waals surface area contributed by atoms with E-state index in [1.54, 1.807) is 66.3 Å². The molecule has 1 saturated heterocycles. The van der Waals surface area contributed by atoms with Gasteiger partial charge in [-0.1, -0.05) is 221 Å². The Morgan fingerprint density at radius 1 is 0.460 bits per heavy atom. The lowest BCUT2D eigenvalue weighted by Gasteiger charge is -2.20. The third-order valence-corrected chi connectivity index (χ3v) is 22.1. The van der Waals surface area contributed by atoms with Crippen LogP contribution in [-0.2, 0) is 34.8 Å². The quantitative estimate of drug-likeness (QED) is 0.00987. The first-order chi connectivity index (χ1) is 64.9. The lowest BCUT2D eigenvalue weighted by Crippen LogP contribution is -2.33. The summed E-state index contributed by atoms with van der Waals surface area (Å²) in [6.07, 6.45) is 31.8. The number of aliphatic hydroxyl groups is 7. The molecule has 6 unspecified atom stereocenters. The summed E-state index contributed by atoms with van der Waals surface area (Å²) in [5.41, 5.74) is 22.4. The number of nitrogens with zero attached hydrogens (tertiary/aromatic N) is 1. The molecule has 5 fully saturated rings. The van der Waals surface area contributed by atoms with E-state index in [4.69, 9.17) is 57.7 Å². The van der Waals surface area contributed by atoms with Gasteiger partial charge in [0.05, 0.1) is 49.1 Å². The second kappa shape index (κ2) is 78.0. The fourth-order valence-electron chi connectivity index (χ4n) is 13.9. The van der Waals surface area contributed by atoms with E-state index in [1.165, 1.54) is 128 Å². The van der Waals surface area contributed by atoms with Gasteiger partial charge in [-0.3, -0.25) is 0 Å². The smallest absolute Gasteiger partial charge is 0.444 e. The summed E-state index contributed by atoms with van der Waals surface area (Å²) in [6, 6.07) is 48.3. The van der Waals surface area contributed by atoms with Crippen LogP contribution < -0.4 is 27.8 Å². The lowest BCUT2D eigenvalue weighted by molar-refractivity contribution is -0.0295. The molecule has 6 aromatic rings. The van der Waals surface area contributed by atoms with E-state index in [-0.39, 0.29) is 33.8 Å². The summed E-state index contributed by atoms with van der Waals surface area (Å²) in [6.45, 7) is 27.1. The van der Waals surface area contributed by atoms with Crippen LogP contribution in [0.5, 0.6) is 0 Å². The van der Waals surface area contributed by atoms with Crippen molar-refractivity contribution in [2.24, 2.45) is 40.9 Å². The van der Waals surface area contributed by atoms with Crippen molar-refractivity contribution in [3.8, 4) is 42.1 Å². The van der Waals surface area contributed by atoms with Crippen molar-refractivity contribution >= 4 is 105 Å². The third kappa shape index (κ3) is 70.7. The van der Waals surface area contributed by atoms with Crippen molar-refractivity contribution in [3.05, 3.63) is 209 Å². The molecule has 2 amide bonds. The number of thioether (sulfide) groups is 1. The molecule has 29 heteroatoms. The second-order valence-corrected chi connectivity index (χ2v) is 41.3. The molecule has 0 aromatic heterocycles. The minimum Gasteiger partial charge on any atom is -0.444 e. The molecule has 11 rings (SSSR count). The molecule has 5 aliphatic rings. The van der Waals surface area contributed by atoms with Gasteiger partial charge in [0.2, 0.25) is 0 Å². The molecule has 6 aromatic carbocycles. The van der Waals surface area contributed by atoms with Crippen LogP contribution in [0.15, 0.2) is 159 Å². The SMILES string of the molecule is C#CC1CCCC1.C1CCOC1.CC(C)(C)OC(=O)NCCC(O)c1cccc(Br)c1.CC(C)(C)OC(=O)NCCC(O)c1cccc(C#CC2CCCC2)c1.CC(C)(C)OC(=O)OC(=O)OC(C)(C)C.CCO.CSC.Cl.N#CCC(O)c1cccc(Br)c1.NCCC(O)c1cccc(Br)c1.NCCC(O)c1cccc(C#CC2CCCC2)c1.NCCC(O)c1cccc(CCC2CCCC2)c1.[B]. The molecular weight excluding hydrogens is 2000 g/mol. The summed E-state index contributed by atoms with van der Waals surface area (Å²) in [5, 5.41) is 80.3. The fraction of sp³-hybridized carbons (Fsp3) is 0.573. The molecule has 0 spiro atoms. The Balaban J connectivity index is 0. The Labute approximate surface area is 870 Å². The molecule has 6 atom stereocenters. The molecule has 1 heterocycles. The highest BCUT2D eigenvalue weighted by Gasteiger charge is 2.26. The second-order valence-electron chi connectivity index (χ2n) is 37.7. The van der Waals surface area contributed by atoms with E-state index in [1.807, 2.05) is 181 Å². The van der Waals surface area contributed by atoms with E-state index in [0.717, 1.165) is 83.5 Å². The summed E-state index contributed by atoms with van der Waals surface area (Å²) in [5.74, 6) is 18.6. The molecule has 3 radical (unpaired) electrons. The Morgan fingerprint density at radius 3 is 1.05 bits per heavy atom. The number of aliphatic hydroxyl groups excluding tert-OH is 7. The van der Waals surface area contributed by atoms with Crippen molar-refractivity contribution in [1.29, 1.82) is 5.26 Å². The molecule has 4 saturated carbocycles.